The molecule has 4 rings (SSSR count). The Balaban J connectivity index is 1.52. The van der Waals surface area contributed by atoms with Crippen LogP contribution in [0.1, 0.15) is 31.8 Å². The molecule has 0 heterocycles. The van der Waals surface area contributed by atoms with Crippen molar-refractivity contribution >= 4 is 47.0 Å². The van der Waals surface area contributed by atoms with E-state index in [2.05, 4.69) is 10.6 Å². The molecule has 2 amide bonds. The number of carbonyl (C=O) groups is 3. The summed E-state index contributed by atoms with van der Waals surface area (Å²) in [5, 5.41) is 5.61. The lowest BCUT2D eigenvalue weighted by Crippen LogP contribution is -2.30. The number of halogens is 2. The Morgan fingerprint density at radius 3 is 2.27 bits per heavy atom. The number of benzene rings is 4. The predicted octanol–water partition coefficient (Wildman–Crippen LogP) is 6.79. The van der Waals surface area contributed by atoms with E-state index in [1.807, 2.05) is 0 Å². The number of hydrogen-bond acceptors (Lipinski definition) is 4. The van der Waals surface area contributed by atoms with E-state index in [1.165, 1.54) is 55.7 Å². The summed E-state index contributed by atoms with van der Waals surface area (Å²) in [6, 6.07) is 26.0. The van der Waals surface area contributed by atoms with Crippen LogP contribution in [-0.4, -0.2) is 24.7 Å². The molecule has 0 aromatic heterocycles. The molecule has 0 aliphatic heterocycles. The number of anilines is 1. The van der Waals surface area contributed by atoms with Gasteiger partial charge in [-0.05, 0) is 84.5 Å². The van der Waals surface area contributed by atoms with Crippen LogP contribution in [0.15, 0.2) is 109 Å². The topological polar surface area (TPSA) is 84.5 Å². The fraction of sp³-hybridized carbons (Fsp3) is 0.0312. The van der Waals surface area contributed by atoms with E-state index >= 15 is 0 Å². The molecule has 0 saturated heterocycles. The number of allylic oxidation sites excluding steroid dienone is 1. The van der Waals surface area contributed by atoms with E-state index in [9.17, 15) is 18.8 Å². The van der Waals surface area contributed by atoms with Crippen molar-refractivity contribution in [2.45, 2.75) is 0 Å². The van der Waals surface area contributed by atoms with Gasteiger partial charge in [0.15, 0.2) is 5.78 Å². The Bertz CT molecular complexity index is 1580. The molecular formula is C32H24ClFN2O4. The Hall–Kier alpha value is -5.01. The Kier molecular flexibility index (Phi) is 9.23. The molecule has 0 atom stereocenters. The van der Waals surface area contributed by atoms with Crippen LogP contribution in [0.5, 0.6) is 5.75 Å². The Morgan fingerprint density at radius 1 is 0.850 bits per heavy atom. The summed E-state index contributed by atoms with van der Waals surface area (Å²) in [5.74, 6) is -1.33. The number of ketones is 1. The quantitative estimate of drug-likeness (QED) is 0.176. The average molecular weight is 555 g/mol. The molecule has 0 fully saturated rings. The van der Waals surface area contributed by atoms with E-state index in [1.54, 1.807) is 66.7 Å². The molecule has 0 radical (unpaired) electrons. The van der Waals surface area contributed by atoms with Gasteiger partial charge >= 0.3 is 0 Å². The summed E-state index contributed by atoms with van der Waals surface area (Å²) < 4.78 is 19.2. The largest absolute Gasteiger partial charge is 0.497 e. The second-order valence-electron chi connectivity index (χ2n) is 8.52. The maximum absolute atomic E-state index is 14.0. The van der Waals surface area contributed by atoms with Crippen molar-refractivity contribution in [1.82, 2.24) is 5.32 Å². The Morgan fingerprint density at radius 2 is 1.57 bits per heavy atom. The molecule has 0 unspecified atom stereocenters. The minimum absolute atomic E-state index is 0.00644. The highest BCUT2D eigenvalue weighted by molar-refractivity contribution is 6.32. The molecule has 4 aromatic rings. The van der Waals surface area contributed by atoms with Crippen LogP contribution >= 0.6 is 11.6 Å². The molecule has 0 bridgehead atoms. The molecule has 0 aliphatic rings. The first kappa shape index (κ1) is 28.0. The van der Waals surface area contributed by atoms with Gasteiger partial charge in [-0.25, -0.2) is 4.39 Å². The maximum Gasteiger partial charge on any atom is 0.272 e. The normalized spacial score (nSPS) is 11.2. The number of rotatable bonds is 9. The fourth-order valence-electron chi connectivity index (χ4n) is 3.68. The van der Waals surface area contributed by atoms with Gasteiger partial charge in [-0.2, -0.15) is 0 Å². The molecule has 40 heavy (non-hydrogen) atoms. The van der Waals surface area contributed by atoms with Crippen LogP contribution in [0.2, 0.25) is 5.02 Å². The molecule has 8 heteroatoms. The lowest BCUT2D eigenvalue weighted by molar-refractivity contribution is -0.113. The van der Waals surface area contributed by atoms with Crippen molar-refractivity contribution in [1.29, 1.82) is 0 Å². The minimum atomic E-state index is -0.569. The van der Waals surface area contributed by atoms with Crippen molar-refractivity contribution in [3.8, 4) is 5.75 Å². The third-order valence-corrected chi connectivity index (χ3v) is 6.09. The third-order valence-electron chi connectivity index (χ3n) is 5.76. The van der Waals surface area contributed by atoms with E-state index < -0.39 is 17.6 Å². The molecule has 4 aromatic carbocycles. The summed E-state index contributed by atoms with van der Waals surface area (Å²) >= 11 is 6.01. The lowest BCUT2D eigenvalue weighted by Gasteiger charge is -2.12. The summed E-state index contributed by atoms with van der Waals surface area (Å²) in [7, 11) is 1.53. The van der Waals surface area contributed by atoms with Gasteiger partial charge < -0.3 is 15.4 Å². The molecule has 200 valence electrons. The zero-order chi connectivity index (χ0) is 28.5. The number of carbonyl (C=O) groups excluding carboxylic acids is 3. The highest BCUT2D eigenvalue weighted by Gasteiger charge is 2.16. The van der Waals surface area contributed by atoms with Gasteiger partial charge in [-0.3, -0.25) is 14.4 Å². The Labute approximate surface area is 235 Å². The second-order valence-corrected chi connectivity index (χ2v) is 8.93. The van der Waals surface area contributed by atoms with Gasteiger partial charge in [0.25, 0.3) is 11.8 Å². The number of ether oxygens (including phenoxy) is 1. The van der Waals surface area contributed by atoms with E-state index in [0.29, 0.717) is 28.1 Å². The number of methoxy groups -OCH3 is 1. The van der Waals surface area contributed by atoms with Gasteiger partial charge in [0.1, 0.15) is 17.3 Å². The second kappa shape index (κ2) is 13.2. The first-order valence-electron chi connectivity index (χ1n) is 12.1. The summed E-state index contributed by atoms with van der Waals surface area (Å²) in [5.41, 5.74) is 1.88. The van der Waals surface area contributed by atoms with E-state index in [-0.39, 0.29) is 22.1 Å². The van der Waals surface area contributed by atoms with E-state index in [4.69, 9.17) is 16.3 Å². The first-order valence-corrected chi connectivity index (χ1v) is 12.5. The SMILES string of the molecule is COc1cccc(/C=C(\NC(=O)c2ccccc2)C(=O)Nc2ccc(C(=O)/C=C/c3c(F)cccc3Cl)cc2)c1. The van der Waals surface area contributed by atoms with Crippen LogP contribution in [-0.2, 0) is 4.79 Å². The van der Waals surface area contributed by atoms with Crippen LogP contribution < -0.4 is 15.4 Å². The van der Waals surface area contributed by atoms with Crippen molar-refractivity contribution in [2.24, 2.45) is 0 Å². The van der Waals surface area contributed by atoms with Gasteiger partial charge in [0.2, 0.25) is 0 Å². The standard InChI is InChI=1S/C32H24ClFN2O4/c1-40-25-10-5-7-21(19-25)20-29(36-31(38)23-8-3-2-4-9-23)32(39)35-24-15-13-22(14-16-24)30(37)18-17-26-27(33)11-6-12-28(26)34/h2-20H,1H3,(H,35,39)(H,36,38)/b18-17+,29-20-. The van der Waals surface area contributed by atoms with Crippen LogP contribution in [0, 0.1) is 5.82 Å². The monoisotopic (exact) mass is 554 g/mol. The zero-order valence-electron chi connectivity index (χ0n) is 21.4. The number of nitrogens with one attached hydrogen (secondary N) is 2. The summed E-state index contributed by atoms with van der Waals surface area (Å²) in [6.45, 7) is 0. The van der Waals surface area contributed by atoms with E-state index in [0.717, 1.165) is 0 Å². The summed E-state index contributed by atoms with van der Waals surface area (Å²) in [4.78, 5) is 38.6. The lowest BCUT2D eigenvalue weighted by atomic mass is 10.1. The smallest absolute Gasteiger partial charge is 0.272 e. The van der Waals surface area contributed by atoms with Crippen LogP contribution in [0.4, 0.5) is 10.1 Å². The molecule has 0 saturated carbocycles. The predicted molar refractivity (Wildman–Crippen MR) is 155 cm³/mol. The average Bonchev–Trinajstić information content (AvgIpc) is 2.97. The molecule has 6 nitrogen and oxygen atoms in total. The third kappa shape index (κ3) is 7.30. The van der Waals surface area contributed by atoms with Crippen molar-refractivity contribution in [3.63, 3.8) is 0 Å². The minimum Gasteiger partial charge on any atom is -0.497 e. The molecule has 0 aliphatic carbocycles. The first-order chi connectivity index (χ1) is 19.3. The van der Waals surface area contributed by atoms with Gasteiger partial charge in [-0.15, -0.1) is 0 Å². The number of hydrogen-bond donors (Lipinski definition) is 2. The van der Waals surface area contributed by atoms with Crippen LogP contribution in [0.25, 0.3) is 12.2 Å². The maximum atomic E-state index is 14.0. The summed E-state index contributed by atoms with van der Waals surface area (Å²) in [6.07, 6.45) is 4.09. The molecular weight excluding hydrogens is 531 g/mol. The highest BCUT2D eigenvalue weighted by atomic mass is 35.5. The van der Waals surface area contributed by atoms with Gasteiger partial charge in [-0.1, -0.05) is 48.0 Å². The number of amides is 2. The van der Waals surface area contributed by atoms with Gasteiger partial charge in [0.05, 0.1) is 12.1 Å². The van der Waals surface area contributed by atoms with Crippen molar-refractivity contribution in [3.05, 3.63) is 142 Å². The van der Waals surface area contributed by atoms with Crippen molar-refractivity contribution < 1.29 is 23.5 Å². The molecule has 2 N–H and O–H groups in total. The molecule has 0 spiro atoms. The fourth-order valence-corrected chi connectivity index (χ4v) is 3.91. The zero-order valence-corrected chi connectivity index (χ0v) is 22.1. The van der Waals surface area contributed by atoms with Crippen LogP contribution in [0.3, 0.4) is 0 Å². The van der Waals surface area contributed by atoms with Crippen molar-refractivity contribution in [2.75, 3.05) is 12.4 Å². The highest BCUT2D eigenvalue weighted by Crippen LogP contribution is 2.21. The van der Waals surface area contributed by atoms with Gasteiger partial charge in [0, 0.05) is 22.4 Å².